The van der Waals surface area contributed by atoms with Crippen molar-refractivity contribution in [3.63, 3.8) is 0 Å². The monoisotopic (exact) mass is 511 g/mol. The van der Waals surface area contributed by atoms with Crippen molar-refractivity contribution >= 4 is 10.0 Å². The predicted molar refractivity (Wildman–Crippen MR) is 138 cm³/mol. The van der Waals surface area contributed by atoms with Gasteiger partial charge in [-0.1, -0.05) is 91.0 Å². The molecule has 3 aromatic rings. The highest BCUT2D eigenvalue weighted by Crippen LogP contribution is 2.25. The molecular formula is C28H33NO6S. The van der Waals surface area contributed by atoms with E-state index in [1.807, 2.05) is 91.0 Å². The van der Waals surface area contributed by atoms with Crippen molar-refractivity contribution in [1.29, 1.82) is 0 Å². The van der Waals surface area contributed by atoms with E-state index in [0.717, 1.165) is 22.9 Å². The minimum atomic E-state index is -3.50. The van der Waals surface area contributed by atoms with Crippen LogP contribution in [0.15, 0.2) is 91.0 Å². The second kappa shape index (κ2) is 13.1. The van der Waals surface area contributed by atoms with Gasteiger partial charge in [-0.05, 0) is 16.7 Å². The highest BCUT2D eigenvalue weighted by atomic mass is 32.2. The first-order valence-electron chi connectivity index (χ1n) is 12.0. The van der Waals surface area contributed by atoms with Crippen molar-refractivity contribution in [3.8, 4) is 0 Å². The van der Waals surface area contributed by atoms with Crippen LogP contribution in [0, 0.1) is 0 Å². The van der Waals surface area contributed by atoms with Gasteiger partial charge >= 0.3 is 0 Å². The summed E-state index contributed by atoms with van der Waals surface area (Å²) in [6, 6.07) is 28.9. The second-order valence-corrected chi connectivity index (χ2v) is 10.7. The number of hydrogen-bond acceptors (Lipinski definition) is 6. The Labute approximate surface area is 213 Å². The van der Waals surface area contributed by atoms with Gasteiger partial charge in [-0.3, -0.25) is 0 Å². The Morgan fingerprint density at radius 1 is 0.750 bits per heavy atom. The van der Waals surface area contributed by atoms with E-state index < -0.39 is 34.4 Å². The number of benzene rings is 3. The van der Waals surface area contributed by atoms with Gasteiger partial charge in [-0.15, -0.1) is 0 Å². The average Bonchev–Trinajstić information content (AvgIpc) is 2.88. The van der Waals surface area contributed by atoms with E-state index in [0.29, 0.717) is 19.8 Å². The maximum atomic E-state index is 12.1. The zero-order valence-electron chi connectivity index (χ0n) is 20.4. The molecule has 36 heavy (non-hydrogen) atoms. The van der Waals surface area contributed by atoms with Crippen LogP contribution < -0.4 is 4.72 Å². The summed E-state index contributed by atoms with van der Waals surface area (Å²) in [6.07, 6.45) is -0.438. The summed E-state index contributed by atoms with van der Waals surface area (Å²) in [5.74, 6) is 0. The van der Waals surface area contributed by atoms with Gasteiger partial charge in [-0.2, -0.15) is 0 Å². The molecule has 0 aliphatic carbocycles. The van der Waals surface area contributed by atoms with Gasteiger partial charge in [0.15, 0.2) is 0 Å². The molecule has 1 aliphatic rings. The molecule has 8 heteroatoms. The Morgan fingerprint density at radius 2 is 1.22 bits per heavy atom. The molecule has 0 bridgehead atoms. The fourth-order valence-corrected chi connectivity index (χ4v) is 4.94. The van der Waals surface area contributed by atoms with Gasteiger partial charge in [0, 0.05) is 0 Å². The van der Waals surface area contributed by atoms with Crippen LogP contribution in [0.3, 0.4) is 0 Å². The van der Waals surface area contributed by atoms with Gasteiger partial charge in [-0.25, -0.2) is 13.1 Å². The van der Waals surface area contributed by atoms with Crippen molar-refractivity contribution < 1.29 is 27.4 Å². The summed E-state index contributed by atoms with van der Waals surface area (Å²) in [5.41, 5.74) is 3.05. The summed E-state index contributed by atoms with van der Waals surface area (Å²) in [4.78, 5) is 0. The van der Waals surface area contributed by atoms with Gasteiger partial charge in [0.1, 0.15) is 18.3 Å². The van der Waals surface area contributed by atoms with Gasteiger partial charge < -0.3 is 18.9 Å². The molecule has 0 aromatic heterocycles. The minimum Gasteiger partial charge on any atom is -0.374 e. The Bertz CT molecular complexity index is 1140. The third-order valence-electron chi connectivity index (χ3n) is 5.91. The number of sulfonamides is 1. The van der Waals surface area contributed by atoms with E-state index in [9.17, 15) is 8.42 Å². The normalized spacial score (nSPS) is 22.4. The number of ether oxygens (including phenoxy) is 4. The summed E-state index contributed by atoms with van der Waals surface area (Å²) < 4.78 is 51.7. The molecular weight excluding hydrogens is 478 g/mol. The molecule has 1 aliphatic heterocycles. The zero-order valence-corrected chi connectivity index (χ0v) is 21.2. The molecule has 1 fully saturated rings. The Kier molecular flexibility index (Phi) is 9.63. The minimum absolute atomic E-state index is 0.150. The smallest absolute Gasteiger partial charge is 0.209 e. The molecule has 1 saturated heterocycles. The van der Waals surface area contributed by atoms with E-state index in [4.69, 9.17) is 18.9 Å². The lowest BCUT2D eigenvalue weighted by atomic mass is 9.98. The first-order chi connectivity index (χ1) is 17.5. The number of nitrogens with one attached hydrogen (secondary N) is 1. The molecule has 0 unspecified atom stereocenters. The first kappa shape index (κ1) is 26.5. The molecule has 0 radical (unpaired) electrons. The van der Waals surface area contributed by atoms with Gasteiger partial charge in [0.25, 0.3) is 0 Å². The molecule has 7 nitrogen and oxygen atoms in total. The lowest BCUT2D eigenvalue weighted by Crippen LogP contribution is -2.61. The maximum Gasteiger partial charge on any atom is 0.209 e. The summed E-state index contributed by atoms with van der Waals surface area (Å²) in [7, 11) is -3.50. The Balaban J connectivity index is 1.52. The Hall–Kier alpha value is -2.59. The van der Waals surface area contributed by atoms with E-state index in [1.54, 1.807) is 0 Å². The lowest BCUT2D eigenvalue weighted by molar-refractivity contribution is -0.206. The van der Waals surface area contributed by atoms with Crippen molar-refractivity contribution in [2.45, 2.75) is 44.2 Å². The fourth-order valence-electron chi connectivity index (χ4n) is 4.19. The van der Waals surface area contributed by atoms with Crippen LogP contribution in [-0.4, -0.2) is 52.2 Å². The molecule has 0 amide bonds. The van der Waals surface area contributed by atoms with E-state index >= 15 is 0 Å². The average molecular weight is 512 g/mol. The highest BCUT2D eigenvalue weighted by molar-refractivity contribution is 7.88. The van der Waals surface area contributed by atoms with Crippen LogP contribution in [-0.2, 0) is 48.8 Å². The third kappa shape index (κ3) is 8.23. The molecule has 192 valence electrons. The maximum absolute atomic E-state index is 12.1. The van der Waals surface area contributed by atoms with Crippen LogP contribution in [0.1, 0.15) is 16.7 Å². The largest absolute Gasteiger partial charge is 0.374 e. The molecule has 4 rings (SSSR count). The summed E-state index contributed by atoms with van der Waals surface area (Å²) in [6.45, 7) is 1.52. The molecule has 3 aromatic carbocycles. The molecule has 1 N–H and O–H groups in total. The third-order valence-corrected chi connectivity index (χ3v) is 6.64. The van der Waals surface area contributed by atoms with Crippen LogP contribution in [0.5, 0.6) is 0 Å². The Morgan fingerprint density at radius 3 is 1.72 bits per heavy atom. The standard InChI is InChI=1S/C28H33NO6S/c1-36(30,31)29-25-20-33-26(21-32-17-22-11-5-2-6-12-22)28(35-19-24-15-9-4-10-16-24)27(25)34-18-23-13-7-3-8-14-23/h2-16,25-29H,17-21H2,1H3/t25-,26-,27-,28+/m1/s1. The van der Waals surface area contributed by atoms with Gasteiger partial charge in [0.2, 0.25) is 10.0 Å². The van der Waals surface area contributed by atoms with Crippen LogP contribution in [0.25, 0.3) is 0 Å². The van der Waals surface area contributed by atoms with Crippen LogP contribution in [0.2, 0.25) is 0 Å². The van der Waals surface area contributed by atoms with E-state index in [-0.39, 0.29) is 13.2 Å². The quantitative estimate of drug-likeness (QED) is 0.399. The fraction of sp³-hybridized carbons (Fsp3) is 0.357. The number of rotatable bonds is 12. The van der Waals surface area contributed by atoms with Crippen molar-refractivity contribution in [2.75, 3.05) is 19.5 Å². The van der Waals surface area contributed by atoms with Crippen molar-refractivity contribution in [1.82, 2.24) is 4.72 Å². The predicted octanol–water partition coefficient (Wildman–Crippen LogP) is 3.69. The molecule has 1 heterocycles. The zero-order chi connectivity index (χ0) is 25.2. The SMILES string of the molecule is CS(=O)(=O)N[C@@H]1CO[C@H](COCc2ccccc2)[C@H](OCc2ccccc2)[C@@H]1OCc1ccccc1. The summed E-state index contributed by atoms with van der Waals surface area (Å²) in [5, 5.41) is 0. The van der Waals surface area contributed by atoms with Gasteiger partial charge in [0.05, 0.1) is 45.3 Å². The lowest BCUT2D eigenvalue weighted by Gasteiger charge is -2.42. The highest BCUT2D eigenvalue weighted by Gasteiger charge is 2.43. The van der Waals surface area contributed by atoms with Crippen molar-refractivity contribution in [2.24, 2.45) is 0 Å². The van der Waals surface area contributed by atoms with Crippen LogP contribution >= 0.6 is 0 Å². The first-order valence-corrected chi connectivity index (χ1v) is 13.9. The van der Waals surface area contributed by atoms with E-state index in [2.05, 4.69) is 4.72 Å². The van der Waals surface area contributed by atoms with E-state index in [1.165, 1.54) is 0 Å². The second-order valence-electron chi connectivity index (χ2n) is 8.89. The molecule has 0 saturated carbocycles. The number of hydrogen-bond donors (Lipinski definition) is 1. The molecule has 0 spiro atoms. The summed E-state index contributed by atoms with van der Waals surface area (Å²) >= 11 is 0. The molecule has 4 atom stereocenters. The topological polar surface area (TPSA) is 83.1 Å². The van der Waals surface area contributed by atoms with Crippen LogP contribution in [0.4, 0.5) is 0 Å². The van der Waals surface area contributed by atoms with Crippen molar-refractivity contribution in [3.05, 3.63) is 108 Å².